The van der Waals surface area contributed by atoms with E-state index >= 15 is 0 Å². The third-order valence-corrected chi connectivity index (χ3v) is 4.08. The SMILES string of the molecule is CCC.Cc1ccccc1-c1ccc(-c2ccccc2C(C)C)nc1. The van der Waals surface area contributed by atoms with Crippen LogP contribution in [0.4, 0.5) is 0 Å². The second-order valence-electron chi connectivity index (χ2n) is 6.70. The molecule has 0 atom stereocenters. The normalized spacial score (nSPS) is 10.3. The number of aryl methyl sites for hydroxylation is 1. The molecule has 25 heavy (non-hydrogen) atoms. The maximum Gasteiger partial charge on any atom is 0.0705 e. The van der Waals surface area contributed by atoms with Gasteiger partial charge in [0.2, 0.25) is 0 Å². The molecule has 0 aliphatic heterocycles. The minimum Gasteiger partial charge on any atom is -0.256 e. The maximum atomic E-state index is 4.71. The summed E-state index contributed by atoms with van der Waals surface area (Å²) in [4.78, 5) is 4.71. The summed E-state index contributed by atoms with van der Waals surface area (Å²) in [7, 11) is 0. The van der Waals surface area contributed by atoms with E-state index < -0.39 is 0 Å². The minimum atomic E-state index is 0.494. The number of benzene rings is 2. The standard InChI is InChI=1S/C21H21N.C3H8/c1-15(2)18-9-6-7-11-20(18)21-13-12-17(14-22-21)19-10-5-4-8-16(19)3;1-3-2/h4-15H,1-3H3;3H2,1-2H3. The number of nitrogens with zero attached hydrogens (tertiary/aromatic N) is 1. The second kappa shape index (κ2) is 9.17. The number of aromatic nitrogens is 1. The smallest absolute Gasteiger partial charge is 0.0705 e. The quantitative estimate of drug-likeness (QED) is 0.492. The molecule has 0 bridgehead atoms. The Bertz CT molecular complexity index is 785. The van der Waals surface area contributed by atoms with Gasteiger partial charge in [-0.15, -0.1) is 0 Å². The topological polar surface area (TPSA) is 12.9 Å². The van der Waals surface area contributed by atoms with Gasteiger partial charge in [0.25, 0.3) is 0 Å². The van der Waals surface area contributed by atoms with Gasteiger partial charge in [-0.1, -0.05) is 88.7 Å². The van der Waals surface area contributed by atoms with Crippen molar-refractivity contribution in [2.75, 3.05) is 0 Å². The van der Waals surface area contributed by atoms with E-state index in [1.807, 2.05) is 6.20 Å². The first-order chi connectivity index (χ1) is 12.1. The molecule has 0 fully saturated rings. The fraction of sp³-hybridized carbons (Fsp3) is 0.292. The van der Waals surface area contributed by atoms with Crippen LogP contribution in [0.15, 0.2) is 66.9 Å². The first-order valence-corrected chi connectivity index (χ1v) is 9.19. The summed E-state index contributed by atoms with van der Waals surface area (Å²) in [5.74, 6) is 0.494. The van der Waals surface area contributed by atoms with E-state index in [1.165, 1.54) is 34.2 Å². The first-order valence-electron chi connectivity index (χ1n) is 9.19. The third-order valence-electron chi connectivity index (χ3n) is 4.08. The molecule has 0 radical (unpaired) electrons. The fourth-order valence-electron chi connectivity index (χ4n) is 2.84. The van der Waals surface area contributed by atoms with Crippen molar-refractivity contribution in [2.24, 2.45) is 0 Å². The summed E-state index contributed by atoms with van der Waals surface area (Å²) in [5, 5.41) is 0. The lowest BCUT2D eigenvalue weighted by atomic mass is 9.94. The van der Waals surface area contributed by atoms with E-state index in [4.69, 9.17) is 4.98 Å². The Hall–Kier alpha value is -2.41. The molecule has 0 N–H and O–H groups in total. The van der Waals surface area contributed by atoms with Crippen molar-refractivity contribution < 1.29 is 0 Å². The lowest BCUT2D eigenvalue weighted by Crippen LogP contribution is -1.94. The summed E-state index contributed by atoms with van der Waals surface area (Å²) >= 11 is 0. The van der Waals surface area contributed by atoms with Crippen LogP contribution in [0, 0.1) is 6.92 Å². The Morgan fingerprint density at radius 2 is 1.40 bits per heavy atom. The van der Waals surface area contributed by atoms with E-state index in [0.717, 1.165) is 5.69 Å². The molecule has 2 aromatic carbocycles. The Morgan fingerprint density at radius 1 is 0.800 bits per heavy atom. The van der Waals surface area contributed by atoms with Crippen LogP contribution >= 0.6 is 0 Å². The van der Waals surface area contributed by atoms with Gasteiger partial charge in [-0.05, 0) is 35.6 Å². The van der Waals surface area contributed by atoms with Gasteiger partial charge in [-0.2, -0.15) is 0 Å². The summed E-state index contributed by atoms with van der Waals surface area (Å²) in [6.07, 6.45) is 3.23. The van der Waals surface area contributed by atoms with Crippen molar-refractivity contribution in [3.8, 4) is 22.4 Å². The van der Waals surface area contributed by atoms with Gasteiger partial charge < -0.3 is 0 Å². The zero-order valence-electron chi connectivity index (χ0n) is 16.1. The summed E-state index contributed by atoms with van der Waals surface area (Å²) in [5.41, 5.74) is 7.32. The summed E-state index contributed by atoms with van der Waals surface area (Å²) < 4.78 is 0. The minimum absolute atomic E-state index is 0.494. The molecule has 0 saturated heterocycles. The second-order valence-corrected chi connectivity index (χ2v) is 6.70. The molecule has 0 aliphatic rings. The van der Waals surface area contributed by atoms with E-state index in [-0.39, 0.29) is 0 Å². The van der Waals surface area contributed by atoms with Crippen LogP contribution in [0.2, 0.25) is 0 Å². The predicted molar refractivity (Wildman–Crippen MR) is 110 cm³/mol. The van der Waals surface area contributed by atoms with Gasteiger partial charge in [0.15, 0.2) is 0 Å². The molecule has 3 aromatic rings. The molecule has 3 rings (SSSR count). The van der Waals surface area contributed by atoms with Gasteiger partial charge in [0.05, 0.1) is 5.69 Å². The molecule has 0 aliphatic carbocycles. The molecule has 1 nitrogen and oxygen atoms in total. The lowest BCUT2D eigenvalue weighted by Gasteiger charge is -2.12. The molecule has 0 unspecified atom stereocenters. The highest BCUT2D eigenvalue weighted by Gasteiger charge is 2.09. The average molecular weight is 332 g/mol. The van der Waals surface area contributed by atoms with E-state index in [1.54, 1.807) is 0 Å². The molecule has 1 aromatic heterocycles. The number of pyridine rings is 1. The number of rotatable bonds is 3. The van der Waals surface area contributed by atoms with Crippen LogP contribution in [0.5, 0.6) is 0 Å². The predicted octanol–water partition coefficient (Wildman–Crippen LogP) is 7.26. The highest BCUT2D eigenvalue weighted by atomic mass is 14.7. The largest absolute Gasteiger partial charge is 0.256 e. The van der Waals surface area contributed by atoms with Crippen molar-refractivity contribution >= 4 is 0 Å². The van der Waals surface area contributed by atoms with Gasteiger partial charge in [0.1, 0.15) is 0 Å². The number of hydrogen-bond acceptors (Lipinski definition) is 1. The van der Waals surface area contributed by atoms with Crippen LogP contribution in [0.1, 0.15) is 51.2 Å². The first kappa shape index (κ1) is 18.9. The van der Waals surface area contributed by atoms with Crippen molar-refractivity contribution in [3.05, 3.63) is 78.0 Å². The van der Waals surface area contributed by atoms with Crippen molar-refractivity contribution in [3.63, 3.8) is 0 Å². The van der Waals surface area contributed by atoms with Crippen LogP contribution < -0.4 is 0 Å². The molecule has 0 amide bonds. The van der Waals surface area contributed by atoms with Crippen LogP contribution in [0.25, 0.3) is 22.4 Å². The third kappa shape index (κ3) is 4.79. The maximum absolute atomic E-state index is 4.71. The van der Waals surface area contributed by atoms with Crippen molar-refractivity contribution in [2.45, 2.75) is 47.0 Å². The zero-order chi connectivity index (χ0) is 18.2. The fourth-order valence-corrected chi connectivity index (χ4v) is 2.84. The molecule has 0 spiro atoms. The van der Waals surface area contributed by atoms with Crippen molar-refractivity contribution in [1.82, 2.24) is 4.98 Å². The van der Waals surface area contributed by atoms with E-state index in [9.17, 15) is 0 Å². The molecule has 1 heteroatoms. The monoisotopic (exact) mass is 331 g/mol. The molecule has 130 valence electrons. The highest BCUT2D eigenvalue weighted by molar-refractivity contribution is 5.70. The van der Waals surface area contributed by atoms with Crippen LogP contribution in [0.3, 0.4) is 0 Å². The Labute approximate surface area is 152 Å². The summed E-state index contributed by atoms with van der Waals surface area (Å²) in [6.45, 7) is 10.8. The highest BCUT2D eigenvalue weighted by Crippen LogP contribution is 2.29. The Morgan fingerprint density at radius 3 is 1.96 bits per heavy atom. The lowest BCUT2D eigenvalue weighted by molar-refractivity contribution is 0.868. The molecule has 0 saturated carbocycles. The molecule has 1 heterocycles. The van der Waals surface area contributed by atoms with Gasteiger partial charge >= 0.3 is 0 Å². The van der Waals surface area contributed by atoms with Crippen molar-refractivity contribution in [1.29, 1.82) is 0 Å². The van der Waals surface area contributed by atoms with Gasteiger partial charge in [-0.3, -0.25) is 4.98 Å². The van der Waals surface area contributed by atoms with Gasteiger partial charge in [-0.25, -0.2) is 0 Å². The van der Waals surface area contributed by atoms with E-state index in [0.29, 0.717) is 5.92 Å². The Kier molecular flexibility index (Phi) is 6.94. The molecular weight excluding hydrogens is 302 g/mol. The summed E-state index contributed by atoms with van der Waals surface area (Å²) in [6, 6.07) is 21.3. The Balaban J connectivity index is 0.000000701. The molecular formula is C24H29N. The number of hydrogen-bond donors (Lipinski definition) is 0. The van der Waals surface area contributed by atoms with Crippen LogP contribution in [-0.4, -0.2) is 4.98 Å². The van der Waals surface area contributed by atoms with E-state index in [2.05, 4.69) is 95.3 Å². The zero-order valence-corrected chi connectivity index (χ0v) is 16.1. The van der Waals surface area contributed by atoms with Gasteiger partial charge in [0, 0.05) is 17.3 Å². The van der Waals surface area contributed by atoms with Crippen LogP contribution in [-0.2, 0) is 0 Å². The average Bonchev–Trinajstić information content (AvgIpc) is 2.63.